The van der Waals surface area contributed by atoms with Gasteiger partial charge in [-0.25, -0.2) is 0 Å². The summed E-state index contributed by atoms with van der Waals surface area (Å²) in [4.78, 5) is 11.6. The summed E-state index contributed by atoms with van der Waals surface area (Å²) >= 11 is 0. The number of carbonyl (C=O) groups is 1. The van der Waals surface area contributed by atoms with Crippen molar-refractivity contribution in [3.05, 3.63) is 0 Å². The van der Waals surface area contributed by atoms with E-state index in [1.54, 1.807) is 0 Å². The molecule has 0 bridgehead atoms. The topological polar surface area (TPSA) is 52.3 Å². The molecule has 1 fully saturated rings. The number of ether oxygens (including phenoxy) is 1. The number of nitrogens with two attached hydrogens (primary N) is 1. The Labute approximate surface area is 86.0 Å². The molecule has 0 aromatic carbocycles. The molecule has 3 heteroatoms. The quantitative estimate of drug-likeness (QED) is 0.701. The van der Waals surface area contributed by atoms with Gasteiger partial charge in [0, 0.05) is 6.54 Å². The average molecular weight is 199 g/mol. The molecule has 0 aromatic rings. The fraction of sp³-hybridized carbons (Fsp3) is 0.909. The minimum atomic E-state index is -0.529. The van der Waals surface area contributed by atoms with Gasteiger partial charge in [0.25, 0.3) is 0 Å². The van der Waals surface area contributed by atoms with Crippen molar-refractivity contribution in [1.29, 1.82) is 0 Å². The Morgan fingerprint density at radius 2 is 2.00 bits per heavy atom. The largest absolute Gasteiger partial charge is 0.465 e. The van der Waals surface area contributed by atoms with Crippen molar-refractivity contribution in [2.24, 2.45) is 17.1 Å². The normalized spacial score (nSPS) is 18.5. The van der Waals surface area contributed by atoms with Crippen LogP contribution in [0.5, 0.6) is 0 Å². The Bertz CT molecular complexity index is 195. The molecule has 0 atom stereocenters. The van der Waals surface area contributed by atoms with E-state index in [0.717, 1.165) is 0 Å². The summed E-state index contributed by atoms with van der Waals surface area (Å²) in [5.41, 5.74) is 4.96. The van der Waals surface area contributed by atoms with Crippen LogP contribution >= 0.6 is 0 Å². The molecule has 0 amide bonds. The summed E-state index contributed by atoms with van der Waals surface area (Å²) in [7, 11) is 0. The van der Waals surface area contributed by atoms with Crippen LogP contribution in [0, 0.1) is 11.3 Å². The van der Waals surface area contributed by atoms with Gasteiger partial charge >= 0.3 is 5.97 Å². The molecule has 14 heavy (non-hydrogen) atoms. The van der Waals surface area contributed by atoms with E-state index in [0.29, 0.717) is 19.1 Å². The van der Waals surface area contributed by atoms with Crippen molar-refractivity contribution in [2.75, 3.05) is 13.2 Å². The molecule has 82 valence electrons. The van der Waals surface area contributed by atoms with Crippen LogP contribution in [-0.2, 0) is 9.53 Å². The van der Waals surface area contributed by atoms with E-state index in [2.05, 4.69) is 0 Å². The van der Waals surface area contributed by atoms with E-state index in [1.807, 2.05) is 13.8 Å². The predicted molar refractivity (Wildman–Crippen MR) is 55.8 cm³/mol. The van der Waals surface area contributed by atoms with Crippen LogP contribution in [0.15, 0.2) is 0 Å². The van der Waals surface area contributed by atoms with Gasteiger partial charge in [-0.05, 0) is 32.6 Å². The first kappa shape index (κ1) is 11.5. The van der Waals surface area contributed by atoms with E-state index in [9.17, 15) is 4.79 Å². The van der Waals surface area contributed by atoms with Crippen molar-refractivity contribution in [3.63, 3.8) is 0 Å². The van der Waals surface area contributed by atoms with Gasteiger partial charge in [-0.15, -0.1) is 0 Å². The van der Waals surface area contributed by atoms with Gasteiger partial charge in [0.05, 0.1) is 12.0 Å². The van der Waals surface area contributed by atoms with Crippen LogP contribution < -0.4 is 5.73 Å². The molecule has 1 aliphatic carbocycles. The van der Waals surface area contributed by atoms with Crippen LogP contribution in [0.3, 0.4) is 0 Å². The third kappa shape index (κ3) is 2.98. The summed E-state index contributed by atoms with van der Waals surface area (Å²) in [5.74, 6) is 0.430. The van der Waals surface area contributed by atoms with E-state index in [-0.39, 0.29) is 5.97 Å². The fourth-order valence-corrected chi connectivity index (χ4v) is 1.65. The van der Waals surface area contributed by atoms with Crippen LogP contribution in [0.25, 0.3) is 0 Å². The number of esters is 1. The SMILES string of the molecule is CC(C)(CN)C(=O)OCC1CCCC1. The van der Waals surface area contributed by atoms with Crippen molar-refractivity contribution < 1.29 is 9.53 Å². The summed E-state index contributed by atoms with van der Waals surface area (Å²) in [6, 6.07) is 0. The lowest BCUT2D eigenvalue weighted by Crippen LogP contribution is -2.35. The van der Waals surface area contributed by atoms with Gasteiger partial charge in [-0.1, -0.05) is 12.8 Å². The minimum Gasteiger partial charge on any atom is -0.465 e. The number of hydrogen-bond acceptors (Lipinski definition) is 3. The van der Waals surface area contributed by atoms with Gasteiger partial charge in [-0.2, -0.15) is 0 Å². The van der Waals surface area contributed by atoms with Crippen LogP contribution in [0.1, 0.15) is 39.5 Å². The Hall–Kier alpha value is -0.570. The smallest absolute Gasteiger partial charge is 0.312 e. The highest BCUT2D eigenvalue weighted by Gasteiger charge is 2.28. The zero-order valence-electron chi connectivity index (χ0n) is 9.21. The molecule has 0 unspecified atom stereocenters. The molecule has 0 heterocycles. The molecule has 0 saturated heterocycles. The molecule has 3 nitrogen and oxygen atoms in total. The molecular formula is C11H21NO2. The number of rotatable bonds is 4. The highest BCUT2D eigenvalue weighted by molar-refractivity contribution is 5.76. The summed E-state index contributed by atoms with van der Waals surface area (Å²) in [5, 5.41) is 0. The lowest BCUT2D eigenvalue weighted by atomic mass is 9.94. The second-order valence-corrected chi connectivity index (χ2v) is 4.84. The van der Waals surface area contributed by atoms with Gasteiger partial charge in [-0.3, -0.25) is 4.79 Å². The van der Waals surface area contributed by atoms with E-state index < -0.39 is 5.41 Å². The maximum atomic E-state index is 11.6. The fourth-order valence-electron chi connectivity index (χ4n) is 1.65. The highest BCUT2D eigenvalue weighted by atomic mass is 16.5. The third-order valence-electron chi connectivity index (χ3n) is 2.99. The number of hydrogen-bond donors (Lipinski definition) is 1. The number of carbonyl (C=O) groups excluding carboxylic acids is 1. The Morgan fingerprint density at radius 1 is 1.43 bits per heavy atom. The van der Waals surface area contributed by atoms with Gasteiger partial charge in [0.15, 0.2) is 0 Å². The summed E-state index contributed by atoms with van der Waals surface area (Å²) < 4.78 is 5.26. The summed E-state index contributed by atoms with van der Waals surface area (Å²) in [6.45, 7) is 4.58. The Morgan fingerprint density at radius 3 is 2.50 bits per heavy atom. The van der Waals surface area contributed by atoms with Crippen LogP contribution in [0.4, 0.5) is 0 Å². The molecule has 0 spiro atoms. The monoisotopic (exact) mass is 199 g/mol. The zero-order valence-corrected chi connectivity index (χ0v) is 9.21. The van der Waals surface area contributed by atoms with Gasteiger partial charge < -0.3 is 10.5 Å². The second kappa shape index (κ2) is 4.78. The average Bonchev–Trinajstić information content (AvgIpc) is 2.66. The maximum Gasteiger partial charge on any atom is 0.312 e. The third-order valence-corrected chi connectivity index (χ3v) is 2.99. The minimum absolute atomic E-state index is 0.160. The standard InChI is InChI=1S/C11H21NO2/c1-11(2,8-12)10(13)14-7-9-5-3-4-6-9/h9H,3-8,12H2,1-2H3. The van der Waals surface area contributed by atoms with Crippen LogP contribution in [0.2, 0.25) is 0 Å². The van der Waals surface area contributed by atoms with Crippen molar-refractivity contribution in [1.82, 2.24) is 0 Å². The zero-order chi connectivity index (χ0) is 10.6. The van der Waals surface area contributed by atoms with Gasteiger partial charge in [0.2, 0.25) is 0 Å². The van der Waals surface area contributed by atoms with Crippen molar-refractivity contribution in [2.45, 2.75) is 39.5 Å². The van der Waals surface area contributed by atoms with E-state index >= 15 is 0 Å². The highest BCUT2D eigenvalue weighted by Crippen LogP contribution is 2.25. The summed E-state index contributed by atoms with van der Waals surface area (Å²) in [6.07, 6.45) is 4.97. The van der Waals surface area contributed by atoms with Crippen molar-refractivity contribution >= 4 is 5.97 Å². The molecule has 1 rings (SSSR count). The first-order valence-electron chi connectivity index (χ1n) is 5.43. The second-order valence-electron chi connectivity index (χ2n) is 4.84. The molecule has 1 saturated carbocycles. The molecule has 2 N–H and O–H groups in total. The molecule has 0 aromatic heterocycles. The van der Waals surface area contributed by atoms with Gasteiger partial charge in [0.1, 0.15) is 0 Å². The Kier molecular flexibility index (Phi) is 3.93. The van der Waals surface area contributed by atoms with E-state index in [1.165, 1.54) is 25.7 Å². The molecule has 1 aliphatic rings. The predicted octanol–water partition coefficient (Wildman–Crippen LogP) is 1.70. The molecule has 0 aliphatic heterocycles. The Balaban J connectivity index is 2.26. The molecule has 0 radical (unpaired) electrons. The lowest BCUT2D eigenvalue weighted by molar-refractivity contribution is -0.154. The lowest BCUT2D eigenvalue weighted by Gasteiger charge is -2.21. The van der Waals surface area contributed by atoms with Crippen molar-refractivity contribution in [3.8, 4) is 0 Å². The van der Waals surface area contributed by atoms with E-state index in [4.69, 9.17) is 10.5 Å². The maximum absolute atomic E-state index is 11.6. The molecular weight excluding hydrogens is 178 g/mol. The van der Waals surface area contributed by atoms with Crippen LogP contribution in [-0.4, -0.2) is 19.1 Å². The first-order chi connectivity index (χ1) is 6.56. The first-order valence-corrected chi connectivity index (χ1v) is 5.43.